The Morgan fingerprint density at radius 3 is 2.38 bits per heavy atom. The number of ketones is 1. The van der Waals surface area contributed by atoms with Gasteiger partial charge in [-0.3, -0.25) is 19.3 Å². The highest BCUT2D eigenvalue weighted by atomic mass is 16.2. The number of nitrogens with zero attached hydrogens (tertiary/aromatic N) is 1. The van der Waals surface area contributed by atoms with Gasteiger partial charge in [-0.2, -0.15) is 0 Å². The Morgan fingerprint density at radius 1 is 1.00 bits per heavy atom. The van der Waals surface area contributed by atoms with Crippen LogP contribution in [0.4, 0.5) is 5.69 Å². The number of fused-ring (bicyclic) bond motifs is 2. The van der Waals surface area contributed by atoms with Gasteiger partial charge in [0, 0.05) is 24.2 Å². The van der Waals surface area contributed by atoms with E-state index in [9.17, 15) is 14.4 Å². The molecule has 0 saturated carbocycles. The van der Waals surface area contributed by atoms with Crippen LogP contribution < -0.4 is 5.73 Å². The normalized spacial score (nSPS) is 15.7. The van der Waals surface area contributed by atoms with Crippen LogP contribution in [0.5, 0.6) is 0 Å². The molecule has 2 aromatic carbocycles. The van der Waals surface area contributed by atoms with Crippen LogP contribution in [0.3, 0.4) is 0 Å². The van der Waals surface area contributed by atoms with E-state index in [1.165, 1.54) is 4.90 Å². The third kappa shape index (κ3) is 2.45. The lowest BCUT2D eigenvalue weighted by Crippen LogP contribution is -2.29. The van der Waals surface area contributed by atoms with Crippen LogP contribution in [0.15, 0.2) is 48.6 Å². The molecule has 1 aliphatic carbocycles. The molecule has 0 saturated heterocycles. The van der Waals surface area contributed by atoms with Gasteiger partial charge in [-0.15, -0.1) is 0 Å². The maximum atomic E-state index is 12.4. The number of carbonyl (C=O) groups excluding carboxylic acids is 3. The van der Waals surface area contributed by atoms with Gasteiger partial charge in [0.05, 0.1) is 11.1 Å². The smallest absolute Gasteiger partial charge is 0.261 e. The van der Waals surface area contributed by atoms with Crippen LogP contribution in [0.1, 0.15) is 48.6 Å². The summed E-state index contributed by atoms with van der Waals surface area (Å²) in [6.45, 7) is 0.170. The van der Waals surface area contributed by atoms with E-state index < -0.39 is 0 Å². The number of allylic oxidation sites excluding steroid dienone is 1. The third-order valence-corrected chi connectivity index (χ3v) is 4.64. The molecule has 4 rings (SSSR count). The lowest BCUT2D eigenvalue weighted by Gasteiger charge is -2.15. The minimum Gasteiger partial charge on any atom is -0.398 e. The number of carbonyl (C=O) groups is 3. The summed E-state index contributed by atoms with van der Waals surface area (Å²) in [6.07, 6.45) is 7.60. The molecule has 0 spiro atoms. The first-order valence-corrected chi connectivity index (χ1v) is 8.32. The second-order valence-electron chi connectivity index (χ2n) is 6.23. The predicted octanol–water partition coefficient (Wildman–Crippen LogP) is 3.18. The van der Waals surface area contributed by atoms with Crippen LogP contribution in [-0.4, -0.2) is 29.0 Å². The van der Waals surface area contributed by atoms with E-state index in [4.69, 9.17) is 5.73 Å². The van der Waals surface area contributed by atoms with Crippen molar-refractivity contribution in [3.63, 3.8) is 0 Å². The molecule has 0 fully saturated rings. The molecular formula is C21H16N2O3. The maximum absolute atomic E-state index is 12.4. The first kappa shape index (κ1) is 16.0. The molecule has 0 atom stereocenters. The Morgan fingerprint density at radius 2 is 1.69 bits per heavy atom. The Hall–Kier alpha value is -3.47. The fourth-order valence-corrected chi connectivity index (χ4v) is 3.36. The number of hydrogen-bond donors (Lipinski definition) is 1. The van der Waals surface area contributed by atoms with E-state index in [-0.39, 0.29) is 24.1 Å². The summed E-state index contributed by atoms with van der Waals surface area (Å²) in [5.41, 5.74) is 9.42. The number of amides is 2. The minimum atomic E-state index is -0.287. The zero-order valence-electron chi connectivity index (χ0n) is 13.9. The largest absolute Gasteiger partial charge is 0.398 e. The molecule has 1 heterocycles. The van der Waals surface area contributed by atoms with Crippen molar-refractivity contribution in [1.29, 1.82) is 0 Å². The molecule has 2 N–H and O–H groups in total. The van der Waals surface area contributed by atoms with Crippen LogP contribution in [0, 0.1) is 0 Å². The van der Waals surface area contributed by atoms with Gasteiger partial charge in [-0.1, -0.05) is 42.5 Å². The SMILES string of the molecule is Nc1ccc(/C=C/CN2C(=O)c3ccccc3C2=O)c2c1C(=O)CC=C2. The predicted molar refractivity (Wildman–Crippen MR) is 99.7 cm³/mol. The molecule has 2 aliphatic rings. The van der Waals surface area contributed by atoms with Crippen molar-refractivity contribution in [2.24, 2.45) is 0 Å². The molecule has 26 heavy (non-hydrogen) atoms. The molecule has 5 nitrogen and oxygen atoms in total. The number of imide groups is 1. The number of nitrogens with two attached hydrogens (primary N) is 1. The quantitative estimate of drug-likeness (QED) is 0.685. The summed E-state index contributed by atoms with van der Waals surface area (Å²) in [6, 6.07) is 10.3. The Labute approximate surface area is 150 Å². The van der Waals surface area contributed by atoms with E-state index in [2.05, 4.69) is 0 Å². The number of Topliss-reactive ketones (excluding diaryl/α,β-unsaturated/α-hetero) is 1. The Kier molecular flexibility index (Phi) is 3.77. The first-order chi connectivity index (χ1) is 12.6. The molecule has 2 aromatic rings. The second-order valence-corrected chi connectivity index (χ2v) is 6.23. The molecule has 0 bridgehead atoms. The van der Waals surface area contributed by atoms with Gasteiger partial charge in [-0.25, -0.2) is 0 Å². The lowest BCUT2D eigenvalue weighted by atomic mass is 9.90. The average Bonchev–Trinajstić information content (AvgIpc) is 2.89. The zero-order chi connectivity index (χ0) is 18.3. The summed E-state index contributed by atoms with van der Waals surface area (Å²) >= 11 is 0. The molecule has 5 heteroatoms. The first-order valence-electron chi connectivity index (χ1n) is 8.32. The standard InChI is InChI=1S/C21H16N2O3/c22-17-11-10-13(14-8-3-9-18(24)19(14)17)5-4-12-23-20(25)15-6-1-2-7-16(15)21(23)26/h1-8,10-11H,9,12,22H2/b5-4+. The van der Waals surface area contributed by atoms with Gasteiger partial charge in [0.15, 0.2) is 5.78 Å². The minimum absolute atomic E-state index is 0.00408. The maximum Gasteiger partial charge on any atom is 0.261 e. The Bertz CT molecular complexity index is 983. The fourth-order valence-electron chi connectivity index (χ4n) is 3.36. The molecule has 0 aromatic heterocycles. The summed E-state index contributed by atoms with van der Waals surface area (Å²) in [7, 11) is 0. The molecule has 0 unspecified atom stereocenters. The van der Waals surface area contributed by atoms with Crippen molar-refractivity contribution < 1.29 is 14.4 Å². The highest BCUT2D eigenvalue weighted by molar-refractivity contribution is 6.21. The van der Waals surface area contributed by atoms with Gasteiger partial charge >= 0.3 is 0 Å². The summed E-state index contributed by atoms with van der Waals surface area (Å²) in [4.78, 5) is 38.1. The zero-order valence-corrected chi connectivity index (χ0v) is 13.9. The number of hydrogen-bond acceptors (Lipinski definition) is 4. The van der Waals surface area contributed by atoms with Crippen molar-refractivity contribution in [1.82, 2.24) is 4.90 Å². The molecular weight excluding hydrogens is 328 g/mol. The van der Waals surface area contributed by atoms with Crippen molar-refractivity contribution in [2.45, 2.75) is 6.42 Å². The van der Waals surface area contributed by atoms with E-state index in [0.717, 1.165) is 11.1 Å². The van der Waals surface area contributed by atoms with Crippen molar-refractivity contribution in [2.75, 3.05) is 12.3 Å². The van der Waals surface area contributed by atoms with Crippen molar-refractivity contribution >= 4 is 35.4 Å². The summed E-state index contributed by atoms with van der Waals surface area (Å²) in [5, 5.41) is 0. The van der Waals surface area contributed by atoms with Crippen molar-refractivity contribution in [3.05, 3.63) is 76.4 Å². The topological polar surface area (TPSA) is 80.5 Å². The second kappa shape index (κ2) is 6.11. The van der Waals surface area contributed by atoms with E-state index in [0.29, 0.717) is 28.8 Å². The Balaban J connectivity index is 1.59. The van der Waals surface area contributed by atoms with Gasteiger partial charge in [0.1, 0.15) is 0 Å². The molecule has 2 amide bonds. The highest BCUT2D eigenvalue weighted by Crippen LogP contribution is 2.29. The van der Waals surface area contributed by atoms with Gasteiger partial charge in [-0.05, 0) is 29.3 Å². The van der Waals surface area contributed by atoms with Gasteiger partial charge < -0.3 is 5.73 Å². The number of benzene rings is 2. The van der Waals surface area contributed by atoms with E-state index >= 15 is 0 Å². The van der Waals surface area contributed by atoms with Crippen LogP contribution in [0.2, 0.25) is 0 Å². The number of rotatable bonds is 3. The van der Waals surface area contributed by atoms with Crippen LogP contribution in [-0.2, 0) is 0 Å². The summed E-state index contributed by atoms with van der Waals surface area (Å²) in [5.74, 6) is -0.579. The molecule has 0 radical (unpaired) electrons. The fraction of sp³-hybridized carbons (Fsp3) is 0.0952. The van der Waals surface area contributed by atoms with E-state index in [1.807, 2.05) is 24.3 Å². The van der Waals surface area contributed by atoms with Gasteiger partial charge in [0.2, 0.25) is 0 Å². The highest BCUT2D eigenvalue weighted by Gasteiger charge is 2.34. The third-order valence-electron chi connectivity index (χ3n) is 4.64. The van der Waals surface area contributed by atoms with Crippen LogP contribution in [0.25, 0.3) is 12.2 Å². The lowest BCUT2D eigenvalue weighted by molar-refractivity contribution is 0.0672. The molecule has 1 aliphatic heterocycles. The summed E-state index contributed by atoms with van der Waals surface area (Å²) < 4.78 is 0. The van der Waals surface area contributed by atoms with Crippen molar-refractivity contribution in [3.8, 4) is 0 Å². The van der Waals surface area contributed by atoms with Crippen LogP contribution >= 0.6 is 0 Å². The number of nitrogen functional groups attached to an aromatic ring is 1. The average molecular weight is 344 g/mol. The monoisotopic (exact) mass is 344 g/mol. The molecule has 128 valence electrons. The number of anilines is 1. The van der Waals surface area contributed by atoms with Gasteiger partial charge in [0.25, 0.3) is 11.8 Å². The van der Waals surface area contributed by atoms with E-state index in [1.54, 1.807) is 36.4 Å².